The van der Waals surface area contributed by atoms with Gasteiger partial charge in [-0.25, -0.2) is 4.98 Å². The molecule has 4 aromatic rings. The van der Waals surface area contributed by atoms with Gasteiger partial charge in [-0.15, -0.1) is 11.3 Å². The predicted octanol–water partition coefficient (Wildman–Crippen LogP) is 5.88. The van der Waals surface area contributed by atoms with Gasteiger partial charge in [0.05, 0.1) is 23.9 Å². The number of nitrogens with zero attached hydrogens (tertiary/aromatic N) is 2. The number of rotatable bonds is 4. The first-order valence-electron chi connectivity index (χ1n) is 11.0. The summed E-state index contributed by atoms with van der Waals surface area (Å²) in [4.78, 5) is 7.59. The van der Waals surface area contributed by atoms with Crippen LogP contribution >= 0.6 is 11.3 Å². The molecule has 0 fully saturated rings. The van der Waals surface area contributed by atoms with Crippen molar-refractivity contribution in [3.8, 4) is 11.1 Å². The lowest BCUT2D eigenvalue weighted by Gasteiger charge is -2.29. The summed E-state index contributed by atoms with van der Waals surface area (Å²) in [7, 11) is 0. The summed E-state index contributed by atoms with van der Waals surface area (Å²) in [6, 6.07) is 6.42. The van der Waals surface area contributed by atoms with Crippen molar-refractivity contribution in [2.75, 3.05) is 6.61 Å². The molecule has 5 rings (SSSR count). The Labute approximate surface area is 186 Å². The first-order chi connectivity index (χ1) is 14.9. The number of fused-ring (bicyclic) bond motifs is 4. The molecule has 0 saturated carbocycles. The number of ether oxygens (including phenoxy) is 1. The number of pyridine rings is 1. The minimum Gasteiger partial charge on any atom is -0.393 e. The van der Waals surface area contributed by atoms with Gasteiger partial charge in [-0.3, -0.25) is 5.10 Å². The van der Waals surface area contributed by atoms with Crippen molar-refractivity contribution in [2.24, 2.45) is 0 Å². The zero-order chi connectivity index (χ0) is 21.8. The van der Waals surface area contributed by atoms with Gasteiger partial charge in [0.1, 0.15) is 10.9 Å². The van der Waals surface area contributed by atoms with Crippen LogP contribution in [0.3, 0.4) is 0 Å². The Balaban J connectivity index is 1.84. The Bertz CT molecular complexity index is 1270. The molecule has 0 radical (unpaired) electrons. The quantitative estimate of drug-likeness (QED) is 0.420. The second-order valence-electron chi connectivity index (χ2n) is 9.45. The Morgan fingerprint density at radius 1 is 1.23 bits per heavy atom. The van der Waals surface area contributed by atoms with E-state index in [9.17, 15) is 5.11 Å². The molecule has 0 bridgehead atoms. The molecule has 1 unspecified atom stereocenters. The Morgan fingerprint density at radius 2 is 2.03 bits per heavy atom. The first kappa shape index (κ1) is 20.6. The monoisotopic (exact) mass is 435 g/mol. The Kier molecular flexibility index (Phi) is 5.12. The molecule has 5 nitrogen and oxygen atoms in total. The molecule has 1 atom stereocenters. The number of aliphatic hydroxyl groups excluding tert-OH is 1. The number of nitrogens with one attached hydrogen (secondary N) is 1. The minimum absolute atomic E-state index is 0.0847. The standard InChI is InChI=1S/C25H29N3O2S/c1-14-21(19(13-29)30-25(2,3)4)22(15-9-10-18-16(11-15)12-26-28-18)23-17-7-5-6-8-20(17)31-24(23)27-14/h9-12,19,29H,5-8,13H2,1-4H3,(H,26,28). The van der Waals surface area contributed by atoms with Crippen molar-refractivity contribution < 1.29 is 9.84 Å². The van der Waals surface area contributed by atoms with Crippen LogP contribution in [0.2, 0.25) is 0 Å². The molecule has 0 amide bonds. The molecule has 1 aromatic carbocycles. The van der Waals surface area contributed by atoms with Gasteiger partial charge in [-0.2, -0.15) is 5.10 Å². The van der Waals surface area contributed by atoms with Gasteiger partial charge in [0.2, 0.25) is 0 Å². The molecule has 162 valence electrons. The maximum absolute atomic E-state index is 10.4. The molecule has 0 spiro atoms. The van der Waals surface area contributed by atoms with Gasteiger partial charge in [-0.1, -0.05) is 6.07 Å². The number of thiophene rings is 1. The van der Waals surface area contributed by atoms with Crippen molar-refractivity contribution in [2.45, 2.75) is 65.1 Å². The van der Waals surface area contributed by atoms with Crippen LogP contribution in [0.1, 0.15) is 61.4 Å². The topological polar surface area (TPSA) is 71.0 Å². The van der Waals surface area contributed by atoms with Gasteiger partial charge in [0.25, 0.3) is 0 Å². The van der Waals surface area contributed by atoms with Gasteiger partial charge >= 0.3 is 0 Å². The number of aryl methyl sites for hydroxylation is 3. The van der Waals surface area contributed by atoms with E-state index in [0.29, 0.717) is 0 Å². The highest BCUT2D eigenvalue weighted by atomic mass is 32.1. The normalized spacial score (nSPS) is 15.5. The van der Waals surface area contributed by atoms with Crippen molar-refractivity contribution in [1.29, 1.82) is 0 Å². The van der Waals surface area contributed by atoms with Crippen molar-refractivity contribution in [1.82, 2.24) is 15.2 Å². The number of hydrogen-bond donors (Lipinski definition) is 2. The van der Waals surface area contributed by atoms with Crippen molar-refractivity contribution in [3.63, 3.8) is 0 Å². The predicted molar refractivity (Wildman–Crippen MR) is 127 cm³/mol. The summed E-state index contributed by atoms with van der Waals surface area (Å²) in [6.45, 7) is 8.04. The second-order valence-corrected chi connectivity index (χ2v) is 10.5. The highest BCUT2D eigenvalue weighted by Gasteiger charge is 2.29. The molecular formula is C25H29N3O2S. The molecule has 3 aromatic heterocycles. The summed E-state index contributed by atoms with van der Waals surface area (Å²) in [6.07, 6.45) is 6.10. The van der Waals surface area contributed by atoms with Gasteiger partial charge in [-0.05, 0) is 82.2 Å². The minimum atomic E-state index is -0.439. The third kappa shape index (κ3) is 3.67. The average Bonchev–Trinajstić information content (AvgIpc) is 3.34. The molecule has 0 saturated heterocycles. The van der Waals surface area contributed by atoms with Gasteiger partial charge in [0.15, 0.2) is 0 Å². The number of aliphatic hydroxyl groups is 1. The maximum atomic E-state index is 10.4. The van der Waals surface area contributed by atoms with Crippen LogP contribution in [0.4, 0.5) is 0 Å². The van der Waals surface area contributed by atoms with Crippen LogP contribution in [-0.4, -0.2) is 32.5 Å². The zero-order valence-electron chi connectivity index (χ0n) is 18.6. The lowest BCUT2D eigenvalue weighted by atomic mass is 9.88. The summed E-state index contributed by atoms with van der Waals surface area (Å²) in [5, 5.41) is 19.9. The number of aromatic amines is 1. The van der Waals surface area contributed by atoms with E-state index in [-0.39, 0.29) is 12.2 Å². The molecule has 1 aliphatic rings. The first-order valence-corrected chi connectivity index (χ1v) is 11.8. The fraction of sp³-hybridized carbons (Fsp3) is 0.440. The van der Waals surface area contributed by atoms with E-state index in [1.807, 2.05) is 45.2 Å². The van der Waals surface area contributed by atoms with Crippen LogP contribution in [-0.2, 0) is 17.6 Å². The maximum Gasteiger partial charge on any atom is 0.124 e. The van der Waals surface area contributed by atoms with E-state index < -0.39 is 6.10 Å². The number of hydrogen-bond acceptors (Lipinski definition) is 5. The van der Waals surface area contributed by atoms with E-state index in [4.69, 9.17) is 9.72 Å². The molecule has 2 N–H and O–H groups in total. The molecule has 0 aliphatic heterocycles. The molecule has 31 heavy (non-hydrogen) atoms. The van der Waals surface area contributed by atoms with Crippen LogP contribution in [0, 0.1) is 6.92 Å². The van der Waals surface area contributed by atoms with E-state index in [1.165, 1.54) is 28.7 Å². The number of H-pyrrole nitrogens is 1. The molecule has 3 heterocycles. The second kappa shape index (κ2) is 7.69. The van der Waals surface area contributed by atoms with Gasteiger partial charge in [0, 0.05) is 26.9 Å². The molecular weight excluding hydrogens is 406 g/mol. The molecule has 1 aliphatic carbocycles. The lowest BCUT2D eigenvalue weighted by molar-refractivity contribution is -0.0823. The third-order valence-electron chi connectivity index (χ3n) is 6.04. The zero-order valence-corrected chi connectivity index (χ0v) is 19.4. The largest absolute Gasteiger partial charge is 0.393 e. The van der Waals surface area contributed by atoms with Crippen molar-refractivity contribution >= 4 is 32.5 Å². The highest BCUT2D eigenvalue weighted by Crippen LogP contribution is 2.45. The lowest BCUT2D eigenvalue weighted by Crippen LogP contribution is -2.25. The summed E-state index contributed by atoms with van der Waals surface area (Å²) in [5.74, 6) is 0. The van der Waals surface area contributed by atoms with E-state index in [1.54, 1.807) is 0 Å². The SMILES string of the molecule is Cc1nc2sc3c(c2c(-c2ccc4[nH]ncc4c2)c1C(CO)OC(C)(C)C)CCCC3. The summed E-state index contributed by atoms with van der Waals surface area (Å²) >= 11 is 1.84. The summed E-state index contributed by atoms with van der Waals surface area (Å²) < 4.78 is 6.35. The van der Waals surface area contributed by atoms with Crippen LogP contribution < -0.4 is 0 Å². The molecule has 6 heteroatoms. The Hall–Kier alpha value is -2.28. The van der Waals surface area contributed by atoms with Crippen LogP contribution in [0.5, 0.6) is 0 Å². The fourth-order valence-corrected chi connectivity index (χ4v) is 6.14. The number of aromatic nitrogens is 3. The fourth-order valence-electron chi connectivity index (χ4n) is 4.82. The van der Waals surface area contributed by atoms with Crippen LogP contribution in [0.15, 0.2) is 24.4 Å². The van der Waals surface area contributed by atoms with Crippen LogP contribution in [0.25, 0.3) is 32.2 Å². The van der Waals surface area contributed by atoms with E-state index in [2.05, 4.69) is 28.4 Å². The van der Waals surface area contributed by atoms with E-state index in [0.717, 1.165) is 51.0 Å². The van der Waals surface area contributed by atoms with E-state index >= 15 is 0 Å². The third-order valence-corrected chi connectivity index (χ3v) is 7.23. The van der Waals surface area contributed by atoms with Crippen molar-refractivity contribution in [3.05, 3.63) is 46.1 Å². The number of benzene rings is 1. The smallest absolute Gasteiger partial charge is 0.124 e. The average molecular weight is 436 g/mol. The highest BCUT2D eigenvalue weighted by molar-refractivity contribution is 7.19. The Morgan fingerprint density at radius 3 is 2.81 bits per heavy atom. The summed E-state index contributed by atoms with van der Waals surface area (Å²) in [5.41, 5.74) is 6.29. The van der Waals surface area contributed by atoms with Gasteiger partial charge < -0.3 is 9.84 Å².